The summed E-state index contributed by atoms with van der Waals surface area (Å²) in [5.41, 5.74) is 5.07. The Morgan fingerprint density at radius 2 is 1.87 bits per heavy atom. The van der Waals surface area contributed by atoms with Crippen LogP contribution in [0.25, 0.3) is 33.4 Å². The maximum atomic E-state index is 13.2. The number of anilines is 1. The average Bonchev–Trinajstić information content (AvgIpc) is 3.17. The molecule has 6 nitrogen and oxygen atoms in total. The molecule has 1 aliphatic heterocycles. The molecule has 0 unspecified atom stereocenters. The molecular weight excluding hydrogens is 376 g/mol. The molecule has 4 aromatic rings. The molecule has 0 bridgehead atoms. The molecule has 30 heavy (non-hydrogen) atoms. The summed E-state index contributed by atoms with van der Waals surface area (Å²) in [5, 5.41) is 0.595. The number of nitrogens with one attached hydrogen (secondary N) is 1. The molecule has 1 N–H and O–H groups in total. The number of hydrogen-bond acceptors (Lipinski definition) is 5. The second kappa shape index (κ2) is 7.29. The fourth-order valence-electron chi connectivity index (χ4n) is 4.06. The zero-order valence-corrected chi connectivity index (χ0v) is 17.6. The summed E-state index contributed by atoms with van der Waals surface area (Å²) in [7, 11) is 2.15. The van der Waals surface area contributed by atoms with E-state index < -0.39 is 0 Å². The van der Waals surface area contributed by atoms with Crippen molar-refractivity contribution in [2.75, 3.05) is 38.1 Å². The van der Waals surface area contributed by atoms with E-state index in [2.05, 4.69) is 52.8 Å². The molecule has 3 heterocycles. The van der Waals surface area contributed by atoms with E-state index in [-0.39, 0.29) is 5.43 Å². The van der Waals surface area contributed by atoms with E-state index >= 15 is 0 Å². The van der Waals surface area contributed by atoms with Gasteiger partial charge in [-0.15, -0.1) is 0 Å². The maximum absolute atomic E-state index is 13.2. The highest BCUT2D eigenvalue weighted by Gasteiger charge is 2.17. The standard InChI is InChI=1S/C24H26N4O2/c1-15(2)16-4-7-22-18(12-16)23(29)19(14-30-22)24-25-20-6-5-17(13-21(20)26-24)28-10-8-27(3)9-11-28/h4-7,12-15H,8-11H2,1-3H3,(H,25,26). The largest absolute Gasteiger partial charge is 0.463 e. The number of nitrogens with zero attached hydrogens (tertiary/aromatic N) is 3. The van der Waals surface area contributed by atoms with Gasteiger partial charge in [-0.25, -0.2) is 4.98 Å². The lowest BCUT2D eigenvalue weighted by Crippen LogP contribution is -2.44. The molecule has 0 aliphatic carbocycles. The van der Waals surface area contributed by atoms with Crippen molar-refractivity contribution in [3.8, 4) is 11.4 Å². The Bertz CT molecular complexity index is 1280. The molecule has 0 saturated carbocycles. The Morgan fingerprint density at radius 3 is 2.63 bits per heavy atom. The third-order valence-electron chi connectivity index (χ3n) is 6.05. The summed E-state index contributed by atoms with van der Waals surface area (Å²) in [5.74, 6) is 0.891. The maximum Gasteiger partial charge on any atom is 0.203 e. The highest BCUT2D eigenvalue weighted by molar-refractivity contribution is 5.85. The smallest absolute Gasteiger partial charge is 0.203 e. The third kappa shape index (κ3) is 3.27. The molecule has 154 valence electrons. The molecule has 1 aliphatic rings. The number of piperazine rings is 1. The van der Waals surface area contributed by atoms with Gasteiger partial charge in [0.2, 0.25) is 5.43 Å². The minimum absolute atomic E-state index is 0.0582. The number of H-pyrrole nitrogens is 1. The SMILES string of the molecule is CC(C)c1ccc2occ(-c3nc4ccc(N5CCN(C)CC5)cc4[nH]3)c(=O)c2c1. The fraction of sp³-hybridized carbons (Fsp3) is 0.333. The first kappa shape index (κ1) is 18.9. The van der Waals surface area contributed by atoms with Crippen LogP contribution >= 0.6 is 0 Å². The highest BCUT2D eigenvalue weighted by atomic mass is 16.3. The van der Waals surface area contributed by atoms with Crippen LogP contribution in [0.3, 0.4) is 0 Å². The van der Waals surface area contributed by atoms with Crippen molar-refractivity contribution < 1.29 is 4.42 Å². The lowest BCUT2D eigenvalue weighted by atomic mass is 10.0. The molecule has 0 atom stereocenters. The summed E-state index contributed by atoms with van der Waals surface area (Å²) < 4.78 is 5.76. The molecule has 6 heteroatoms. The first-order valence-electron chi connectivity index (χ1n) is 10.5. The van der Waals surface area contributed by atoms with Crippen molar-refractivity contribution in [1.82, 2.24) is 14.9 Å². The first-order chi connectivity index (χ1) is 14.5. The van der Waals surface area contributed by atoms with Gasteiger partial charge in [-0.2, -0.15) is 0 Å². The van der Waals surface area contributed by atoms with E-state index in [1.807, 2.05) is 24.3 Å². The predicted molar refractivity (Wildman–Crippen MR) is 121 cm³/mol. The van der Waals surface area contributed by atoms with Gasteiger partial charge in [0.25, 0.3) is 0 Å². The average molecular weight is 402 g/mol. The van der Waals surface area contributed by atoms with Gasteiger partial charge >= 0.3 is 0 Å². The van der Waals surface area contributed by atoms with E-state index in [0.717, 1.165) is 42.8 Å². The van der Waals surface area contributed by atoms with Crippen molar-refractivity contribution in [1.29, 1.82) is 0 Å². The van der Waals surface area contributed by atoms with Gasteiger partial charge in [-0.1, -0.05) is 19.9 Å². The Morgan fingerprint density at radius 1 is 1.07 bits per heavy atom. The van der Waals surface area contributed by atoms with E-state index in [9.17, 15) is 4.79 Å². The number of hydrogen-bond donors (Lipinski definition) is 1. The van der Waals surface area contributed by atoms with E-state index in [1.165, 1.54) is 12.0 Å². The summed E-state index contributed by atoms with van der Waals surface area (Å²) in [6.45, 7) is 8.37. The minimum atomic E-state index is -0.0582. The quantitative estimate of drug-likeness (QED) is 0.556. The number of benzene rings is 2. The minimum Gasteiger partial charge on any atom is -0.463 e. The van der Waals surface area contributed by atoms with Crippen LogP contribution < -0.4 is 10.3 Å². The number of imidazole rings is 1. The van der Waals surface area contributed by atoms with Crippen LogP contribution in [0, 0.1) is 0 Å². The highest BCUT2D eigenvalue weighted by Crippen LogP contribution is 2.26. The second-order valence-electron chi connectivity index (χ2n) is 8.47. The summed E-state index contributed by atoms with van der Waals surface area (Å²) in [6, 6.07) is 12.1. The van der Waals surface area contributed by atoms with Gasteiger partial charge in [0.15, 0.2) is 0 Å². The van der Waals surface area contributed by atoms with Gasteiger partial charge in [0, 0.05) is 31.9 Å². The lowest BCUT2D eigenvalue weighted by molar-refractivity contribution is 0.313. The molecule has 1 saturated heterocycles. The zero-order chi connectivity index (χ0) is 20.8. The Kier molecular flexibility index (Phi) is 4.59. The van der Waals surface area contributed by atoms with Crippen LogP contribution in [0.15, 0.2) is 51.9 Å². The molecule has 0 radical (unpaired) electrons. The molecule has 0 spiro atoms. The van der Waals surface area contributed by atoms with Gasteiger partial charge in [0.1, 0.15) is 23.2 Å². The third-order valence-corrected chi connectivity index (χ3v) is 6.05. The Balaban J connectivity index is 1.55. The Hall–Kier alpha value is -3.12. The van der Waals surface area contributed by atoms with Crippen LogP contribution in [-0.4, -0.2) is 48.1 Å². The van der Waals surface area contributed by atoms with Crippen LogP contribution in [0.2, 0.25) is 0 Å². The topological polar surface area (TPSA) is 65.4 Å². The van der Waals surface area contributed by atoms with Crippen molar-refractivity contribution in [2.45, 2.75) is 19.8 Å². The first-order valence-corrected chi connectivity index (χ1v) is 10.5. The van der Waals surface area contributed by atoms with E-state index in [1.54, 1.807) is 0 Å². The number of aromatic amines is 1. The summed E-state index contributed by atoms with van der Waals surface area (Å²) in [4.78, 5) is 25.9. The number of aromatic nitrogens is 2. The van der Waals surface area contributed by atoms with Crippen LogP contribution in [0.1, 0.15) is 25.3 Å². The summed E-state index contributed by atoms with van der Waals surface area (Å²) >= 11 is 0. The zero-order valence-electron chi connectivity index (χ0n) is 17.6. The monoisotopic (exact) mass is 402 g/mol. The number of rotatable bonds is 3. The fourth-order valence-corrected chi connectivity index (χ4v) is 4.06. The van der Waals surface area contributed by atoms with Gasteiger partial charge < -0.3 is 19.2 Å². The summed E-state index contributed by atoms with van der Waals surface area (Å²) in [6.07, 6.45) is 1.51. The normalized spacial score (nSPS) is 15.5. The van der Waals surface area contributed by atoms with Crippen molar-refractivity contribution >= 4 is 27.7 Å². The molecule has 2 aromatic carbocycles. The second-order valence-corrected chi connectivity index (χ2v) is 8.47. The lowest BCUT2D eigenvalue weighted by Gasteiger charge is -2.34. The van der Waals surface area contributed by atoms with Crippen molar-refractivity contribution in [3.05, 3.63) is 58.4 Å². The molecule has 2 aromatic heterocycles. The van der Waals surface area contributed by atoms with E-state index in [0.29, 0.717) is 28.3 Å². The van der Waals surface area contributed by atoms with Gasteiger partial charge in [-0.3, -0.25) is 4.79 Å². The molecule has 1 fully saturated rings. The van der Waals surface area contributed by atoms with Crippen molar-refractivity contribution in [2.24, 2.45) is 0 Å². The van der Waals surface area contributed by atoms with Gasteiger partial charge in [0.05, 0.1) is 16.4 Å². The number of likely N-dealkylation sites (N-methyl/N-ethyl adjacent to an activating group) is 1. The Labute approximate surface area is 175 Å². The van der Waals surface area contributed by atoms with Crippen molar-refractivity contribution in [3.63, 3.8) is 0 Å². The van der Waals surface area contributed by atoms with Gasteiger partial charge in [-0.05, 0) is 48.9 Å². The molecule has 0 amide bonds. The van der Waals surface area contributed by atoms with E-state index in [4.69, 9.17) is 4.42 Å². The van der Waals surface area contributed by atoms with Crippen LogP contribution in [-0.2, 0) is 0 Å². The molecular formula is C24H26N4O2. The molecule has 5 rings (SSSR count). The predicted octanol–water partition coefficient (Wildman–Crippen LogP) is 4.21. The number of fused-ring (bicyclic) bond motifs is 2. The van der Waals surface area contributed by atoms with Crippen LogP contribution in [0.5, 0.6) is 0 Å². The van der Waals surface area contributed by atoms with Crippen LogP contribution in [0.4, 0.5) is 5.69 Å².